The van der Waals surface area contributed by atoms with E-state index < -0.39 is 0 Å². The van der Waals surface area contributed by atoms with E-state index >= 15 is 0 Å². The number of hydrogen-bond donors (Lipinski definition) is 1. The van der Waals surface area contributed by atoms with Crippen LogP contribution in [0.15, 0.2) is 24.3 Å². The zero-order chi connectivity index (χ0) is 15.7. The van der Waals surface area contributed by atoms with E-state index in [0.29, 0.717) is 13.2 Å². The van der Waals surface area contributed by atoms with Gasteiger partial charge >= 0.3 is 0 Å². The molecule has 0 aromatic heterocycles. The molecule has 0 saturated heterocycles. The molecular formula is C18H32N2O. The molecule has 0 aliphatic rings. The van der Waals surface area contributed by atoms with Crippen LogP contribution in [0.25, 0.3) is 0 Å². The second-order valence-electron chi connectivity index (χ2n) is 5.49. The van der Waals surface area contributed by atoms with E-state index in [2.05, 4.69) is 37.8 Å². The van der Waals surface area contributed by atoms with Crippen molar-refractivity contribution in [3.63, 3.8) is 0 Å². The quantitative estimate of drug-likeness (QED) is 0.712. The molecule has 21 heavy (non-hydrogen) atoms. The summed E-state index contributed by atoms with van der Waals surface area (Å²) in [4.78, 5) is 2.50. The summed E-state index contributed by atoms with van der Waals surface area (Å²) >= 11 is 0. The van der Waals surface area contributed by atoms with Gasteiger partial charge in [-0.3, -0.25) is 4.90 Å². The van der Waals surface area contributed by atoms with Crippen molar-refractivity contribution in [1.29, 1.82) is 0 Å². The third kappa shape index (κ3) is 5.01. The molecule has 0 aliphatic carbocycles. The Morgan fingerprint density at radius 3 is 2.29 bits per heavy atom. The van der Waals surface area contributed by atoms with E-state index in [1.165, 1.54) is 18.4 Å². The van der Waals surface area contributed by atoms with Crippen LogP contribution in [-0.4, -0.2) is 31.1 Å². The lowest BCUT2D eigenvalue weighted by atomic mass is 9.99. The zero-order valence-corrected chi connectivity index (χ0v) is 14.1. The second kappa shape index (κ2) is 9.80. The Hall–Kier alpha value is -1.06. The molecule has 0 amide bonds. The Labute approximate surface area is 130 Å². The molecule has 3 nitrogen and oxygen atoms in total. The van der Waals surface area contributed by atoms with Crippen LogP contribution in [0.3, 0.4) is 0 Å². The van der Waals surface area contributed by atoms with E-state index in [-0.39, 0.29) is 6.04 Å². The molecular weight excluding hydrogens is 260 g/mol. The fraction of sp³-hybridized carbons (Fsp3) is 0.667. The lowest BCUT2D eigenvalue weighted by molar-refractivity contribution is 0.170. The van der Waals surface area contributed by atoms with Crippen LogP contribution in [0.2, 0.25) is 0 Å². The normalized spacial score (nSPS) is 12.9. The highest BCUT2D eigenvalue weighted by atomic mass is 16.5. The van der Waals surface area contributed by atoms with Crippen molar-refractivity contribution in [1.82, 2.24) is 4.90 Å². The average molecular weight is 292 g/mol. The van der Waals surface area contributed by atoms with Crippen LogP contribution in [0.5, 0.6) is 5.75 Å². The molecule has 0 saturated carbocycles. The van der Waals surface area contributed by atoms with Crippen molar-refractivity contribution in [3.05, 3.63) is 29.8 Å². The predicted octanol–water partition coefficient (Wildman–Crippen LogP) is 3.84. The Morgan fingerprint density at radius 1 is 1.10 bits per heavy atom. The molecule has 3 heteroatoms. The lowest BCUT2D eigenvalue weighted by Gasteiger charge is -2.33. The monoisotopic (exact) mass is 292 g/mol. The molecule has 1 atom stereocenters. The first-order valence-electron chi connectivity index (χ1n) is 8.37. The Kier molecular flexibility index (Phi) is 8.40. The highest BCUT2D eigenvalue weighted by Crippen LogP contribution is 2.30. The molecule has 120 valence electrons. The Bertz CT molecular complexity index is 391. The van der Waals surface area contributed by atoms with E-state index in [9.17, 15) is 0 Å². The minimum absolute atomic E-state index is 0.235. The van der Waals surface area contributed by atoms with E-state index in [4.69, 9.17) is 10.5 Å². The Morgan fingerprint density at radius 2 is 1.76 bits per heavy atom. The van der Waals surface area contributed by atoms with Crippen LogP contribution < -0.4 is 10.5 Å². The molecule has 0 heterocycles. The second-order valence-corrected chi connectivity index (χ2v) is 5.49. The van der Waals surface area contributed by atoms with Gasteiger partial charge in [0.15, 0.2) is 0 Å². The number of benzene rings is 1. The summed E-state index contributed by atoms with van der Waals surface area (Å²) in [5.74, 6) is 1.71. The first-order valence-corrected chi connectivity index (χ1v) is 8.37. The van der Waals surface area contributed by atoms with Gasteiger partial charge in [-0.15, -0.1) is 0 Å². The molecule has 0 radical (unpaired) electrons. The highest BCUT2D eigenvalue weighted by Gasteiger charge is 2.22. The molecule has 1 aromatic carbocycles. The van der Waals surface area contributed by atoms with Crippen molar-refractivity contribution in [2.45, 2.75) is 46.6 Å². The number of ether oxygens (including phenoxy) is 1. The summed E-state index contributed by atoms with van der Waals surface area (Å²) in [5, 5.41) is 0. The van der Waals surface area contributed by atoms with Crippen LogP contribution in [0.4, 0.5) is 0 Å². The predicted molar refractivity (Wildman–Crippen MR) is 90.7 cm³/mol. The largest absolute Gasteiger partial charge is 0.494 e. The van der Waals surface area contributed by atoms with E-state index in [0.717, 1.165) is 24.8 Å². The summed E-state index contributed by atoms with van der Waals surface area (Å²) in [6.45, 7) is 12.2. The number of nitrogens with two attached hydrogens (primary N) is 1. The van der Waals surface area contributed by atoms with Crippen molar-refractivity contribution in [3.8, 4) is 5.75 Å². The van der Waals surface area contributed by atoms with Gasteiger partial charge in [0, 0.05) is 18.7 Å². The van der Waals surface area contributed by atoms with Crippen molar-refractivity contribution >= 4 is 0 Å². The molecule has 2 N–H and O–H groups in total. The van der Waals surface area contributed by atoms with Crippen molar-refractivity contribution in [2.24, 2.45) is 11.7 Å². The number of likely N-dealkylation sites (N-methyl/N-ethyl adjacent to an activating group) is 1. The van der Waals surface area contributed by atoms with Gasteiger partial charge in [0.05, 0.1) is 12.6 Å². The molecule has 0 bridgehead atoms. The minimum atomic E-state index is 0.235. The smallest absolute Gasteiger partial charge is 0.124 e. The zero-order valence-electron chi connectivity index (χ0n) is 14.1. The summed E-state index contributed by atoms with van der Waals surface area (Å²) in [7, 11) is 0. The van der Waals surface area contributed by atoms with Gasteiger partial charge in [-0.25, -0.2) is 0 Å². The third-order valence-corrected chi connectivity index (χ3v) is 4.30. The summed E-state index contributed by atoms with van der Waals surface area (Å²) in [6, 6.07) is 8.54. The lowest BCUT2D eigenvalue weighted by Crippen LogP contribution is -2.37. The van der Waals surface area contributed by atoms with Gasteiger partial charge in [-0.2, -0.15) is 0 Å². The maximum Gasteiger partial charge on any atom is 0.124 e. The van der Waals surface area contributed by atoms with Crippen LogP contribution in [0.1, 0.15) is 52.1 Å². The van der Waals surface area contributed by atoms with Gasteiger partial charge in [0.2, 0.25) is 0 Å². The number of nitrogens with zero attached hydrogens (tertiary/aromatic N) is 1. The summed E-state index contributed by atoms with van der Waals surface area (Å²) in [6.07, 6.45) is 2.44. The van der Waals surface area contributed by atoms with Crippen LogP contribution in [-0.2, 0) is 0 Å². The number of para-hydroxylation sites is 1. The fourth-order valence-electron chi connectivity index (χ4n) is 2.87. The number of hydrogen-bond acceptors (Lipinski definition) is 3. The highest BCUT2D eigenvalue weighted by molar-refractivity contribution is 5.36. The SMILES string of the molecule is CCOc1ccccc1C(CN)N(CC)CC(CC)CC. The maximum absolute atomic E-state index is 6.11. The van der Waals surface area contributed by atoms with Crippen molar-refractivity contribution in [2.75, 3.05) is 26.2 Å². The van der Waals surface area contributed by atoms with E-state index in [1.54, 1.807) is 0 Å². The number of rotatable bonds is 10. The maximum atomic E-state index is 6.11. The van der Waals surface area contributed by atoms with E-state index in [1.807, 2.05) is 19.1 Å². The molecule has 0 aliphatic heterocycles. The Balaban J connectivity index is 2.98. The van der Waals surface area contributed by atoms with Gasteiger partial charge < -0.3 is 10.5 Å². The van der Waals surface area contributed by atoms with Crippen molar-refractivity contribution < 1.29 is 4.74 Å². The fourth-order valence-corrected chi connectivity index (χ4v) is 2.87. The molecule has 1 rings (SSSR count). The van der Waals surface area contributed by atoms with Crippen LogP contribution >= 0.6 is 0 Å². The summed E-state index contributed by atoms with van der Waals surface area (Å²) < 4.78 is 5.79. The van der Waals surface area contributed by atoms with Gasteiger partial charge in [0.1, 0.15) is 5.75 Å². The molecule has 1 unspecified atom stereocenters. The van der Waals surface area contributed by atoms with Crippen LogP contribution in [0, 0.1) is 5.92 Å². The summed E-state index contributed by atoms with van der Waals surface area (Å²) in [5.41, 5.74) is 7.32. The standard InChI is InChI=1S/C18H32N2O/c1-5-15(6-2)14-20(7-3)17(13-19)16-11-9-10-12-18(16)21-8-4/h9-12,15,17H,5-8,13-14,19H2,1-4H3. The first-order chi connectivity index (χ1) is 10.2. The first kappa shape index (κ1) is 18.0. The van der Waals surface area contributed by atoms with Gasteiger partial charge in [-0.1, -0.05) is 51.8 Å². The third-order valence-electron chi connectivity index (χ3n) is 4.30. The molecule has 1 aromatic rings. The minimum Gasteiger partial charge on any atom is -0.494 e. The van der Waals surface area contributed by atoms with Gasteiger partial charge in [0.25, 0.3) is 0 Å². The topological polar surface area (TPSA) is 38.5 Å². The van der Waals surface area contributed by atoms with Gasteiger partial charge in [-0.05, 0) is 25.5 Å². The molecule has 0 spiro atoms. The average Bonchev–Trinajstić information content (AvgIpc) is 2.53. The molecule has 0 fully saturated rings.